The van der Waals surface area contributed by atoms with Crippen LogP contribution in [-0.2, 0) is 4.74 Å². The molecule has 3 aliphatic heterocycles. The average Bonchev–Trinajstić information content (AvgIpc) is 3.16. The van der Waals surface area contributed by atoms with E-state index in [0.717, 1.165) is 39.0 Å². The van der Waals surface area contributed by atoms with E-state index in [1.54, 1.807) is 0 Å². The molecule has 3 heterocycles. The Morgan fingerprint density at radius 2 is 2.00 bits per heavy atom. The number of hydrogen-bond donors (Lipinski definition) is 5. The molecule has 7 heteroatoms. The minimum atomic E-state index is 0.356. The molecular formula is C16H32N6O. The molecule has 23 heavy (non-hydrogen) atoms. The van der Waals surface area contributed by atoms with Crippen LogP contribution in [0, 0.1) is 5.92 Å². The summed E-state index contributed by atoms with van der Waals surface area (Å²) >= 11 is 0. The number of hydrogen-bond acceptors (Lipinski definition) is 7. The molecular weight excluding hydrogens is 292 g/mol. The zero-order valence-corrected chi connectivity index (χ0v) is 14.2. The number of hydrazine groups is 3. The molecule has 4 aliphatic rings. The van der Waals surface area contributed by atoms with Gasteiger partial charge >= 0.3 is 0 Å². The van der Waals surface area contributed by atoms with Crippen LogP contribution >= 0.6 is 0 Å². The van der Waals surface area contributed by atoms with Crippen molar-refractivity contribution in [2.75, 3.05) is 26.2 Å². The van der Waals surface area contributed by atoms with Gasteiger partial charge in [-0.25, -0.2) is 10.9 Å². The van der Waals surface area contributed by atoms with Crippen molar-refractivity contribution in [2.45, 2.75) is 69.4 Å². The molecule has 0 radical (unpaired) electrons. The summed E-state index contributed by atoms with van der Waals surface area (Å²) in [6, 6.07) is 1.53. The maximum Gasteiger partial charge on any atom is 0.0583 e. The van der Waals surface area contributed by atoms with E-state index in [1.807, 2.05) is 0 Å². The molecule has 0 amide bonds. The van der Waals surface area contributed by atoms with E-state index in [4.69, 9.17) is 4.74 Å². The Hall–Kier alpha value is -0.280. The SMILES string of the molecule is C[C@H]1CCNCCCN2NCC(N2)C2NNC3CCC(CC32)O1. The van der Waals surface area contributed by atoms with Gasteiger partial charge in [0.25, 0.3) is 0 Å². The maximum absolute atomic E-state index is 6.36. The number of ether oxygens (including phenoxy) is 1. The summed E-state index contributed by atoms with van der Waals surface area (Å²) < 4.78 is 6.36. The quantitative estimate of drug-likeness (QED) is 0.411. The van der Waals surface area contributed by atoms with E-state index in [9.17, 15) is 0 Å². The predicted molar refractivity (Wildman–Crippen MR) is 89.3 cm³/mol. The lowest BCUT2D eigenvalue weighted by molar-refractivity contribution is -0.0388. The van der Waals surface area contributed by atoms with E-state index in [2.05, 4.69) is 39.1 Å². The van der Waals surface area contributed by atoms with Crippen molar-refractivity contribution >= 4 is 0 Å². The Morgan fingerprint density at radius 1 is 1.04 bits per heavy atom. The van der Waals surface area contributed by atoms with Gasteiger partial charge in [-0.05, 0) is 58.0 Å². The Labute approximate surface area is 139 Å². The van der Waals surface area contributed by atoms with Gasteiger partial charge in [0.2, 0.25) is 0 Å². The Kier molecular flexibility index (Phi) is 5.15. The molecule has 3 saturated heterocycles. The molecule has 6 unspecified atom stereocenters. The molecule has 1 aliphatic carbocycles. The van der Waals surface area contributed by atoms with Crippen molar-refractivity contribution in [3.63, 3.8) is 0 Å². The Bertz CT molecular complexity index is 397. The second-order valence-electron chi connectivity index (χ2n) is 7.61. The van der Waals surface area contributed by atoms with Crippen LogP contribution in [0.1, 0.15) is 39.0 Å². The minimum absolute atomic E-state index is 0.356. The van der Waals surface area contributed by atoms with E-state index in [0.29, 0.717) is 36.3 Å². The minimum Gasteiger partial charge on any atom is -0.375 e. The molecule has 5 N–H and O–H groups in total. The van der Waals surface area contributed by atoms with Crippen molar-refractivity contribution in [3.05, 3.63) is 0 Å². The van der Waals surface area contributed by atoms with Gasteiger partial charge in [0, 0.05) is 25.2 Å². The fourth-order valence-electron chi connectivity index (χ4n) is 4.61. The van der Waals surface area contributed by atoms with Gasteiger partial charge in [0.05, 0.1) is 18.2 Å². The Morgan fingerprint density at radius 3 is 2.96 bits per heavy atom. The fraction of sp³-hybridized carbons (Fsp3) is 1.00. The highest BCUT2D eigenvalue weighted by atomic mass is 16.5. The van der Waals surface area contributed by atoms with Crippen LogP contribution in [0.3, 0.4) is 0 Å². The van der Waals surface area contributed by atoms with Gasteiger partial charge in [-0.2, -0.15) is 5.12 Å². The smallest absolute Gasteiger partial charge is 0.0583 e. The normalized spacial score (nSPS) is 48.7. The monoisotopic (exact) mass is 324 g/mol. The van der Waals surface area contributed by atoms with E-state index in [-0.39, 0.29) is 0 Å². The molecule has 0 aromatic carbocycles. The number of nitrogens with zero attached hydrogens (tertiary/aromatic N) is 1. The second kappa shape index (κ2) is 7.31. The van der Waals surface area contributed by atoms with Crippen LogP contribution < -0.4 is 27.0 Å². The molecule has 0 aromatic heterocycles. The molecule has 0 spiro atoms. The van der Waals surface area contributed by atoms with Crippen molar-refractivity contribution in [1.82, 2.24) is 32.1 Å². The molecule has 4 fully saturated rings. The topological polar surface area (TPSA) is 72.6 Å². The number of nitrogens with one attached hydrogen (secondary N) is 5. The van der Waals surface area contributed by atoms with Crippen LogP contribution in [0.2, 0.25) is 0 Å². The summed E-state index contributed by atoms with van der Waals surface area (Å²) in [5.41, 5.74) is 14.3. The van der Waals surface area contributed by atoms with Crippen LogP contribution in [0.5, 0.6) is 0 Å². The third-order valence-electron chi connectivity index (χ3n) is 5.89. The van der Waals surface area contributed by atoms with Gasteiger partial charge in [-0.1, -0.05) is 0 Å². The van der Waals surface area contributed by atoms with Crippen LogP contribution in [-0.4, -0.2) is 61.6 Å². The third-order valence-corrected chi connectivity index (χ3v) is 5.89. The first kappa shape index (κ1) is 16.2. The summed E-state index contributed by atoms with van der Waals surface area (Å²) in [6.45, 7) is 6.38. The molecule has 0 aromatic rings. The van der Waals surface area contributed by atoms with E-state index in [1.165, 1.54) is 19.3 Å². The van der Waals surface area contributed by atoms with Gasteiger partial charge in [-0.3, -0.25) is 10.9 Å². The maximum atomic E-state index is 6.36. The first-order chi connectivity index (χ1) is 11.3. The van der Waals surface area contributed by atoms with Crippen molar-refractivity contribution in [2.24, 2.45) is 5.92 Å². The third kappa shape index (κ3) is 3.71. The van der Waals surface area contributed by atoms with E-state index < -0.39 is 0 Å². The highest BCUT2D eigenvalue weighted by Crippen LogP contribution is 2.34. The summed E-state index contributed by atoms with van der Waals surface area (Å²) in [6.07, 6.45) is 6.60. The summed E-state index contributed by atoms with van der Waals surface area (Å²) in [5.74, 6) is 0.656. The number of fused-ring (bicyclic) bond motifs is 4. The molecule has 4 bridgehead atoms. The van der Waals surface area contributed by atoms with Crippen molar-refractivity contribution < 1.29 is 4.74 Å². The van der Waals surface area contributed by atoms with Crippen LogP contribution in [0.4, 0.5) is 0 Å². The Balaban J connectivity index is 1.45. The molecule has 7 nitrogen and oxygen atoms in total. The summed E-state index contributed by atoms with van der Waals surface area (Å²) in [4.78, 5) is 0. The molecule has 4 rings (SSSR count). The van der Waals surface area contributed by atoms with Crippen LogP contribution in [0.15, 0.2) is 0 Å². The van der Waals surface area contributed by atoms with Gasteiger partial charge in [0.1, 0.15) is 0 Å². The second-order valence-corrected chi connectivity index (χ2v) is 7.61. The van der Waals surface area contributed by atoms with Crippen molar-refractivity contribution in [3.8, 4) is 0 Å². The summed E-state index contributed by atoms with van der Waals surface area (Å²) in [7, 11) is 0. The highest BCUT2D eigenvalue weighted by Gasteiger charge is 2.45. The first-order valence-corrected chi connectivity index (χ1v) is 9.44. The standard InChI is InChI=1S/C16H32N6O/c1-11-5-7-17-6-2-8-22-18-10-15(21-22)16-13-9-12(23-11)3-4-14(13)19-20-16/h11-21H,2-10H2,1H3/t11-,12?,13?,14?,15?,16?/m0/s1. The number of rotatable bonds is 0. The zero-order valence-electron chi connectivity index (χ0n) is 14.2. The van der Waals surface area contributed by atoms with E-state index >= 15 is 0 Å². The average molecular weight is 324 g/mol. The molecule has 1 saturated carbocycles. The van der Waals surface area contributed by atoms with Gasteiger partial charge < -0.3 is 10.1 Å². The fourth-order valence-corrected chi connectivity index (χ4v) is 4.61. The van der Waals surface area contributed by atoms with Gasteiger partial charge in [-0.15, -0.1) is 0 Å². The molecule has 7 atom stereocenters. The van der Waals surface area contributed by atoms with Crippen molar-refractivity contribution in [1.29, 1.82) is 0 Å². The highest BCUT2D eigenvalue weighted by molar-refractivity contribution is 5.02. The van der Waals surface area contributed by atoms with Crippen LogP contribution in [0.25, 0.3) is 0 Å². The molecule has 132 valence electrons. The predicted octanol–water partition coefficient (Wildman–Crippen LogP) is -0.518. The zero-order chi connectivity index (χ0) is 15.6. The lowest BCUT2D eigenvalue weighted by Crippen LogP contribution is -2.51. The first-order valence-electron chi connectivity index (χ1n) is 9.44. The lowest BCUT2D eigenvalue weighted by Gasteiger charge is -2.35. The largest absolute Gasteiger partial charge is 0.375 e. The summed E-state index contributed by atoms with van der Waals surface area (Å²) in [5, 5.41) is 5.72. The lowest BCUT2D eigenvalue weighted by atomic mass is 9.78. The van der Waals surface area contributed by atoms with Gasteiger partial charge in [0.15, 0.2) is 0 Å².